The standard InChI is InChI=1S/C21H20N.C18H11F3NO3S.Ir/c1-16(2)13-17-7-5-8-18(14-17)19-9-6-10-20(15-19)21-11-3-4-12-22-21;19-18(20,21)26(23,24)25-16-9-7-13(8-10-16)14-4-3-5-15(12-14)17-6-1-2-11-22-17;/h3-9,11-12,14-16H,13H2,1-2H3;1-4,6-12H;/q2*-1;. The molecule has 0 unspecified atom stereocenters. The van der Waals surface area contributed by atoms with Crippen molar-refractivity contribution in [3.63, 3.8) is 0 Å². The first-order valence-corrected chi connectivity index (χ1v) is 16.5. The largest absolute Gasteiger partial charge is 0.534 e. The smallest absolute Gasteiger partial charge is 0.376 e. The van der Waals surface area contributed by atoms with E-state index in [1.807, 2.05) is 48.7 Å². The topological polar surface area (TPSA) is 69.2 Å². The van der Waals surface area contributed by atoms with Crippen LogP contribution in [0, 0.1) is 18.1 Å². The Bertz CT molecular complexity index is 2060. The maximum atomic E-state index is 12.3. The van der Waals surface area contributed by atoms with Crippen LogP contribution < -0.4 is 4.18 Å². The third kappa shape index (κ3) is 10.2. The van der Waals surface area contributed by atoms with Crippen molar-refractivity contribution in [2.75, 3.05) is 0 Å². The molecule has 0 amide bonds. The normalized spacial score (nSPS) is 11.2. The summed E-state index contributed by atoms with van der Waals surface area (Å²) < 4.78 is 63.2. The number of nitrogens with zero attached hydrogens (tertiary/aromatic N) is 2. The van der Waals surface area contributed by atoms with Gasteiger partial charge in [-0.2, -0.15) is 21.6 Å². The van der Waals surface area contributed by atoms with Crippen LogP contribution in [0.15, 0.2) is 134 Å². The molecule has 2 aromatic heterocycles. The van der Waals surface area contributed by atoms with E-state index in [-0.39, 0.29) is 20.1 Å². The summed E-state index contributed by atoms with van der Waals surface area (Å²) >= 11 is 0. The number of hydrogen-bond acceptors (Lipinski definition) is 5. The van der Waals surface area contributed by atoms with Crippen molar-refractivity contribution in [1.29, 1.82) is 0 Å². The third-order valence-electron chi connectivity index (χ3n) is 7.07. The molecule has 0 aliphatic carbocycles. The Morgan fingerprint density at radius 2 is 1.20 bits per heavy atom. The summed E-state index contributed by atoms with van der Waals surface area (Å²) in [5, 5.41) is 0. The van der Waals surface area contributed by atoms with Crippen LogP contribution in [0.25, 0.3) is 44.8 Å². The van der Waals surface area contributed by atoms with Gasteiger partial charge in [0.2, 0.25) is 0 Å². The van der Waals surface area contributed by atoms with E-state index in [2.05, 4.69) is 76.5 Å². The molecule has 0 aliphatic rings. The Balaban J connectivity index is 0.000000219. The molecule has 0 atom stereocenters. The monoisotopic (exact) mass is 857 g/mol. The summed E-state index contributed by atoms with van der Waals surface area (Å²) in [6, 6.07) is 43.4. The van der Waals surface area contributed by atoms with E-state index in [0.717, 1.165) is 46.6 Å². The summed E-state index contributed by atoms with van der Waals surface area (Å²) in [5.74, 6) is 0.252. The first-order chi connectivity index (χ1) is 23.0. The van der Waals surface area contributed by atoms with Gasteiger partial charge in [0, 0.05) is 32.5 Å². The number of pyridine rings is 2. The zero-order chi connectivity index (χ0) is 34.1. The van der Waals surface area contributed by atoms with Gasteiger partial charge in [-0.25, -0.2) is 0 Å². The number of halogens is 3. The number of benzene rings is 4. The minimum absolute atomic E-state index is 0. The van der Waals surface area contributed by atoms with E-state index in [9.17, 15) is 21.6 Å². The van der Waals surface area contributed by atoms with E-state index in [0.29, 0.717) is 11.5 Å². The molecule has 0 spiro atoms. The summed E-state index contributed by atoms with van der Waals surface area (Å²) in [4.78, 5) is 8.65. The summed E-state index contributed by atoms with van der Waals surface area (Å²) in [7, 11) is -5.68. The number of alkyl halides is 3. The molecule has 0 N–H and O–H groups in total. The van der Waals surface area contributed by atoms with Crippen LogP contribution in [-0.2, 0) is 36.6 Å². The van der Waals surface area contributed by atoms with Crippen molar-refractivity contribution >= 4 is 10.1 Å². The van der Waals surface area contributed by atoms with Crippen molar-refractivity contribution in [2.24, 2.45) is 5.92 Å². The fourth-order valence-corrected chi connectivity index (χ4v) is 5.32. The van der Waals surface area contributed by atoms with Gasteiger partial charge in [-0.15, -0.1) is 70.8 Å². The summed E-state index contributed by atoms with van der Waals surface area (Å²) in [6.45, 7) is 4.51. The Labute approximate surface area is 298 Å². The minimum atomic E-state index is -5.68. The predicted molar refractivity (Wildman–Crippen MR) is 182 cm³/mol. The van der Waals surface area contributed by atoms with Crippen molar-refractivity contribution in [2.45, 2.75) is 25.8 Å². The molecule has 49 heavy (non-hydrogen) atoms. The number of hydrogen-bond donors (Lipinski definition) is 0. The van der Waals surface area contributed by atoms with E-state index in [1.165, 1.54) is 28.8 Å². The molecule has 0 saturated heterocycles. The van der Waals surface area contributed by atoms with Crippen LogP contribution in [0.2, 0.25) is 0 Å². The predicted octanol–water partition coefficient (Wildman–Crippen LogP) is 9.86. The SMILES string of the molecule is CC(C)Cc1cccc(-c2cc[c-]c(-c3ccccn3)c2)c1.O=S(=O)(Oc1ccc(-c2cc[c-]c(-c3ccccn3)c2)cc1)C(F)(F)F.[Ir]. The molecule has 6 rings (SSSR count). The van der Waals surface area contributed by atoms with Crippen LogP contribution in [-0.4, -0.2) is 23.9 Å². The molecule has 0 aliphatic heterocycles. The van der Waals surface area contributed by atoms with Gasteiger partial charge < -0.3 is 14.2 Å². The van der Waals surface area contributed by atoms with Crippen LogP contribution in [0.3, 0.4) is 0 Å². The molecule has 1 radical (unpaired) electrons. The van der Waals surface area contributed by atoms with Gasteiger partial charge in [0.15, 0.2) is 0 Å². The molecule has 6 aromatic rings. The van der Waals surface area contributed by atoms with Crippen LogP contribution in [0.1, 0.15) is 19.4 Å². The van der Waals surface area contributed by atoms with Crippen molar-refractivity contribution in [3.05, 3.63) is 151 Å². The van der Waals surface area contributed by atoms with Gasteiger partial charge in [-0.3, -0.25) is 0 Å². The molecule has 0 bridgehead atoms. The van der Waals surface area contributed by atoms with Gasteiger partial charge in [0.1, 0.15) is 5.75 Å². The zero-order valence-corrected chi connectivity index (χ0v) is 29.7. The number of aromatic nitrogens is 2. The molecule has 0 fully saturated rings. The average molecular weight is 857 g/mol. The molecular formula is C39H31F3IrN2O3S-2. The molecule has 2 heterocycles. The van der Waals surface area contributed by atoms with Crippen molar-refractivity contribution in [1.82, 2.24) is 9.97 Å². The van der Waals surface area contributed by atoms with Crippen LogP contribution >= 0.6 is 0 Å². The van der Waals surface area contributed by atoms with E-state index in [1.54, 1.807) is 24.4 Å². The van der Waals surface area contributed by atoms with Crippen molar-refractivity contribution < 1.29 is 45.9 Å². The minimum Gasteiger partial charge on any atom is -0.376 e. The van der Waals surface area contributed by atoms with E-state index in [4.69, 9.17) is 0 Å². The molecule has 5 nitrogen and oxygen atoms in total. The van der Waals surface area contributed by atoms with Gasteiger partial charge in [0.25, 0.3) is 0 Å². The Kier molecular flexibility index (Phi) is 12.6. The zero-order valence-electron chi connectivity index (χ0n) is 26.5. The number of rotatable bonds is 8. The van der Waals surface area contributed by atoms with Gasteiger partial charge in [-0.05, 0) is 64.7 Å². The fraction of sp³-hybridized carbons (Fsp3) is 0.128. The molecule has 0 saturated carbocycles. The third-order valence-corrected chi connectivity index (χ3v) is 8.04. The maximum absolute atomic E-state index is 12.3. The average Bonchev–Trinajstić information content (AvgIpc) is 3.09. The van der Waals surface area contributed by atoms with Crippen molar-refractivity contribution in [3.8, 4) is 50.5 Å². The Hall–Kier alpha value is -4.63. The van der Waals surface area contributed by atoms with Gasteiger partial charge in [0.05, 0.1) is 0 Å². The van der Waals surface area contributed by atoms with Gasteiger partial charge in [-0.1, -0.05) is 74.5 Å². The van der Waals surface area contributed by atoms with E-state index >= 15 is 0 Å². The molecule has 253 valence electrons. The Morgan fingerprint density at radius 1 is 0.673 bits per heavy atom. The summed E-state index contributed by atoms with van der Waals surface area (Å²) in [6.07, 6.45) is 4.59. The fourth-order valence-electron chi connectivity index (χ4n) is 4.86. The van der Waals surface area contributed by atoms with Crippen LogP contribution in [0.5, 0.6) is 5.75 Å². The second kappa shape index (κ2) is 16.7. The summed E-state index contributed by atoms with van der Waals surface area (Å²) in [5.41, 5.74) is 3.30. The van der Waals surface area contributed by atoms with E-state index < -0.39 is 21.4 Å². The second-order valence-electron chi connectivity index (χ2n) is 11.2. The second-order valence-corrected chi connectivity index (χ2v) is 12.8. The Morgan fingerprint density at radius 3 is 1.69 bits per heavy atom. The maximum Gasteiger partial charge on any atom is 0.534 e. The van der Waals surface area contributed by atoms with Gasteiger partial charge >= 0.3 is 15.6 Å². The first-order valence-electron chi connectivity index (χ1n) is 15.1. The quantitative estimate of drug-likeness (QED) is 0.0867. The molecule has 4 aromatic carbocycles. The molecular weight excluding hydrogens is 826 g/mol. The molecule has 10 heteroatoms. The van der Waals surface area contributed by atoms with Crippen LogP contribution in [0.4, 0.5) is 13.2 Å². The first kappa shape index (κ1) is 37.2.